The smallest absolute Gasteiger partial charge is 0.154 e. The zero-order valence-electron chi connectivity index (χ0n) is 9.14. The van der Waals surface area contributed by atoms with E-state index in [0.717, 1.165) is 11.3 Å². The Hall–Kier alpha value is -1.23. The van der Waals surface area contributed by atoms with Gasteiger partial charge in [0.25, 0.3) is 0 Å². The fraction of sp³-hybridized carbons (Fsp3) is 0.455. The Morgan fingerprint density at radius 3 is 2.75 bits per heavy atom. The molecule has 2 N–H and O–H groups in total. The topological polar surface area (TPSA) is 69.4 Å². The number of hydrogen-bond donors (Lipinski definition) is 1. The van der Waals surface area contributed by atoms with Gasteiger partial charge in [-0.25, -0.2) is 8.42 Å². The molecule has 1 aliphatic rings. The Kier molecular flexibility index (Phi) is 2.80. The number of anilines is 1. The zero-order chi connectivity index (χ0) is 11.8. The van der Waals surface area contributed by atoms with Crippen molar-refractivity contribution in [1.29, 1.82) is 0 Å². The number of ether oxygens (including phenoxy) is 1. The number of nitrogen functional groups attached to an aromatic ring is 1. The third-order valence-electron chi connectivity index (χ3n) is 2.68. The summed E-state index contributed by atoms with van der Waals surface area (Å²) >= 11 is 0. The lowest BCUT2D eigenvalue weighted by Crippen LogP contribution is -2.18. The Balaban J connectivity index is 2.11. The largest absolute Gasteiger partial charge is 0.489 e. The van der Waals surface area contributed by atoms with Crippen LogP contribution < -0.4 is 10.5 Å². The lowest BCUT2D eigenvalue weighted by molar-refractivity contribution is 0.227. The van der Waals surface area contributed by atoms with Gasteiger partial charge in [-0.3, -0.25) is 0 Å². The van der Waals surface area contributed by atoms with Gasteiger partial charge in [0, 0.05) is 5.69 Å². The number of nitrogens with two attached hydrogens (primary N) is 1. The molecule has 1 unspecified atom stereocenters. The van der Waals surface area contributed by atoms with Crippen molar-refractivity contribution in [3.8, 4) is 5.75 Å². The van der Waals surface area contributed by atoms with E-state index in [1.807, 2.05) is 13.0 Å². The monoisotopic (exact) mass is 241 g/mol. The summed E-state index contributed by atoms with van der Waals surface area (Å²) in [7, 11) is -2.89. The van der Waals surface area contributed by atoms with Gasteiger partial charge in [-0.2, -0.15) is 0 Å². The number of aryl methyl sites for hydroxylation is 1. The van der Waals surface area contributed by atoms with E-state index in [2.05, 4.69) is 0 Å². The molecule has 0 aliphatic carbocycles. The van der Waals surface area contributed by atoms with Crippen LogP contribution in [0.3, 0.4) is 0 Å². The van der Waals surface area contributed by atoms with Crippen LogP contribution in [0.25, 0.3) is 0 Å². The molecule has 16 heavy (non-hydrogen) atoms. The van der Waals surface area contributed by atoms with Crippen LogP contribution in [0, 0.1) is 6.92 Å². The molecule has 1 aliphatic heterocycles. The van der Waals surface area contributed by atoms with Crippen molar-refractivity contribution in [2.75, 3.05) is 17.2 Å². The van der Waals surface area contributed by atoms with Crippen LogP contribution in [0.1, 0.15) is 12.0 Å². The Labute approximate surface area is 95.3 Å². The summed E-state index contributed by atoms with van der Waals surface area (Å²) in [5.74, 6) is 1.07. The second-order valence-electron chi connectivity index (χ2n) is 4.17. The number of benzene rings is 1. The molecule has 2 rings (SSSR count). The lowest BCUT2D eigenvalue weighted by Gasteiger charge is -2.14. The van der Waals surface area contributed by atoms with Crippen molar-refractivity contribution in [2.24, 2.45) is 0 Å². The van der Waals surface area contributed by atoms with Gasteiger partial charge >= 0.3 is 0 Å². The van der Waals surface area contributed by atoms with Gasteiger partial charge in [0.1, 0.15) is 11.9 Å². The van der Waals surface area contributed by atoms with Crippen LogP contribution in [0.4, 0.5) is 5.69 Å². The summed E-state index contributed by atoms with van der Waals surface area (Å²) < 4.78 is 28.2. The van der Waals surface area contributed by atoms with Gasteiger partial charge in [0.05, 0.1) is 11.5 Å². The van der Waals surface area contributed by atoms with Crippen molar-refractivity contribution in [3.05, 3.63) is 23.8 Å². The Morgan fingerprint density at radius 1 is 1.44 bits per heavy atom. The van der Waals surface area contributed by atoms with Gasteiger partial charge in [-0.05, 0) is 37.1 Å². The van der Waals surface area contributed by atoms with Crippen LogP contribution >= 0.6 is 0 Å². The molecule has 1 atom stereocenters. The van der Waals surface area contributed by atoms with E-state index < -0.39 is 9.84 Å². The first-order valence-corrected chi connectivity index (χ1v) is 7.02. The lowest BCUT2D eigenvalue weighted by atomic mass is 10.2. The van der Waals surface area contributed by atoms with Crippen molar-refractivity contribution >= 4 is 15.5 Å². The third-order valence-corrected chi connectivity index (χ3v) is 4.42. The van der Waals surface area contributed by atoms with Crippen LogP contribution in [0.15, 0.2) is 18.2 Å². The predicted molar refractivity (Wildman–Crippen MR) is 63.3 cm³/mol. The van der Waals surface area contributed by atoms with E-state index in [1.165, 1.54) is 0 Å². The Morgan fingerprint density at radius 2 is 2.19 bits per heavy atom. The van der Waals surface area contributed by atoms with Crippen molar-refractivity contribution < 1.29 is 13.2 Å². The van der Waals surface area contributed by atoms with E-state index in [0.29, 0.717) is 12.1 Å². The van der Waals surface area contributed by atoms with Crippen LogP contribution in [-0.4, -0.2) is 26.0 Å². The summed E-state index contributed by atoms with van der Waals surface area (Å²) in [6.07, 6.45) is 0.360. The average Bonchev–Trinajstić information content (AvgIpc) is 2.51. The molecule has 88 valence electrons. The molecule has 0 amide bonds. The Bertz CT molecular complexity index is 496. The minimum Gasteiger partial charge on any atom is -0.489 e. The normalized spacial score (nSPS) is 23.2. The molecule has 1 aromatic rings. The minimum absolute atomic E-state index is 0.122. The van der Waals surface area contributed by atoms with Crippen LogP contribution in [0.2, 0.25) is 0 Å². The van der Waals surface area contributed by atoms with E-state index in [4.69, 9.17) is 10.5 Å². The minimum atomic E-state index is -2.89. The molecule has 5 heteroatoms. The standard InChI is InChI=1S/C11H15NO3S/c1-8-6-9(12)2-3-11(8)15-10-4-5-16(13,14)7-10/h2-3,6,10H,4-5,7,12H2,1H3. The maximum absolute atomic E-state index is 11.3. The molecule has 1 saturated heterocycles. The van der Waals surface area contributed by atoms with Crippen molar-refractivity contribution in [3.63, 3.8) is 0 Å². The molecule has 1 heterocycles. The van der Waals surface area contributed by atoms with Gasteiger partial charge in [-0.1, -0.05) is 0 Å². The molecule has 0 spiro atoms. The predicted octanol–water partition coefficient (Wildman–Crippen LogP) is 1.14. The van der Waals surface area contributed by atoms with E-state index >= 15 is 0 Å². The summed E-state index contributed by atoms with van der Waals surface area (Å²) in [4.78, 5) is 0. The van der Waals surface area contributed by atoms with Gasteiger partial charge in [0.15, 0.2) is 9.84 Å². The molecule has 0 radical (unpaired) electrons. The third kappa shape index (κ3) is 2.47. The highest BCUT2D eigenvalue weighted by atomic mass is 32.2. The summed E-state index contributed by atoms with van der Waals surface area (Å²) in [5, 5.41) is 0. The molecule has 1 aromatic carbocycles. The second-order valence-corrected chi connectivity index (χ2v) is 6.40. The van der Waals surface area contributed by atoms with Gasteiger partial charge in [0.2, 0.25) is 0 Å². The first-order valence-electron chi connectivity index (χ1n) is 5.19. The number of rotatable bonds is 2. The zero-order valence-corrected chi connectivity index (χ0v) is 9.96. The highest BCUT2D eigenvalue weighted by molar-refractivity contribution is 7.91. The van der Waals surface area contributed by atoms with E-state index in [-0.39, 0.29) is 17.6 Å². The maximum atomic E-state index is 11.3. The molecular formula is C11H15NO3S. The first kappa shape index (κ1) is 11.3. The first-order chi connectivity index (χ1) is 7.46. The summed E-state index contributed by atoms with van der Waals surface area (Å²) in [6, 6.07) is 5.36. The second kappa shape index (κ2) is 3.97. The van der Waals surface area contributed by atoms with Gasteiger partial charge < -0.3 is 10.5 Å². The summed E-state index contributed by atoms with van der Waals surface area (Å²) in [6.45, 7) is 1.90. The average molecular weight is 241 g/mol. The van der Waals surface area contributed by atoms with Crippen molar-refractivity contribution in [2.45, 2.75) is 19.4 Å². The fourth-order valence-electron chi connectivity index (χ4n) is 1.84. The number of hydrogen-bond acceptors (Lipinski definition) is 4. The van der Waals surface area contributed by atoms with E-state index in [1.54, 1.807) is 12.1 Å². The molecule has 0 saturated carbocycles. The SMILES string of the molecule is Cc1cc(N)ccc1OC1CCS(=O)(=O)C1. The quantitative estimate of drug-likeness (QED) is 0.788. The summed E-state index contributed by atoms with van der Waals surface area (Å²) in [5.41, 5.74) is 7.25. The number of sulfone groups is 1. The fourth-order valence-corrected chi connectivity index (χ4v) is 3.43. The molecule has 0 bridgehead atoms. The highest BCUT2D eigenvalue weighted by Crippen LogP contribution is 2.24. The van der Waals surface area contributed by atoms with Gasteiger partial charge in [-0.15, -0.1) is 0 Å². The molecule has 4 nitrogen and oxygen atoms in total. The molecular weight excluding hydrogens is 226 g/mol. The maximum Gasteiger partial charge on any atom is 0.154 e. The van der Waals surface area contributed by atoms with Crippen LogP contribution in [0.5, 0.6) is 5.75 Å². The van der Waals surface area contributed by atoms with Crippen molar-refractivity contribution in [1.82, 2.24) is 0 Å². The van der Waals surface area contributed by atoms with E-state index in [9.17, 15) is 8.42 Å². The highest BCUT2D eigenvalue weighted by Gasteiger charge is 2.29. The van der Waals surface area contributed by atoms with Crippen LogP contribution in [-0.2, 0) is 9.84 Å². The molecule has 1 fully saturated rings. The molecule has 0 aromatic heterocycles.